The van der Waals surface area contributed by atoms with Crippen molar-refractivity contribution in [1.29, 1.82) is 0 Å². The first-order valence-corrected chi connectivity index (χ1v) is 12.1. The topological polar surface area (TPSA) is 118 Å². The van der Waals surface area contributed by atoms with Gasteiger partial charge in [0.2, 0.25) is 15.9 Å². The second kappa shape index (κ2) is 9.43. The monoisotopic (exact) mass is 461 g/mol. The minimum absolute atomic E-state index is 0.0193. The number of hydrogen-bond donors (Lipinski definition) is 3. The molecular formula is C20H19N3O4S3. The second-order valence-electron chi connectivity index (χ2n) is 6.27. The van der Waals surface area contributed by atoms with Gasteiger partial charge in [0.05, 0.1) is 15.0 Å². The number of benzene rings is 2. The SMILES string of the molecule is CC(Sc1ccc(NC(=O)c2cccs2)cc1)C(=O)Nc1ccc(S(N)(=O)=O)cc1. The van der Waals surface area contributed by atoms with Gasteiger partial charge in [-0.25, -0.2) is 13.6 Å². The second-order valence-corrected chi connectivity index (χ2v) is 10.2. The molecule has 0 radical (unpaired) electrons. The van der Waals surface area contributed by atoms with Gasteiger partial charge in [-0.05, 0) is 66.9 Å². The number of nitrogens with one attached hydrogen (secondary N) is 2. The van der Waals surface area contributed by atoms with Gasteiger partial charge in [0, 0.05) is 16.3 Å². The van der Waals surface area contributed by atoms with Crippen LogP contribution in [0.3, 0.4) is 0 Å². The molecule has 2 amide bonds. The molecule has 1 aromatic heterocycles. The van der Waals surface area contributed by atoms with E-state index in [2.05, 4.69) is 10.6 Å². The molecule has 0 bridgehead atoms. The van der Waals surface area contributed by atoms with Crippen molar-refractivity contribution in [2.45, 2.75) is 22.0 Å². The average Bonchev–Trinajstić information content (AvgIpc) is 3.24. The van der Waals surface area contributed by atoms with E-state index in [-0.39, 0.29) is 16.7 Å². The number of sulfonamides is 1. The predicted molar refractivity (Wildman–Crippen MR) is 120 cm³/mol. The van der Waals surface area contributed by atoms with Crippen molar-refractivity contribution in [3.8, 4) is 0 Å². The molecule has 0 fully saturated rings. The molecule has 1 atom stereocenters. The minimum atomic E-state index is -3.77. The zero-order valence-corrected chi connectivity index (χ0v) is 18.3. The summed E-state index contributed by atoms with van der Waals surface area (Å²) >= 11 is 2.74. The van der Waals surface area contributed by atoms with E-state index in [1.54, 1.807) is 25.1 Å². The lowest BCUT2D eigenvalue weighted by molar-refractivity contribution is -0.115. The van der Waals surface area contributed by atoms with Crippen LogP contribution in [-0.2, 0) is 14.8 Å². The third kappa shape index (κ3) is 5.92. The number of primary sulfonamides is 1. The molecule has 0 aliphatic heterocycles. The Morgan fingerprint density at radius 2 is 1.57 bits per heavy atom. The van der Waals surface area contributed by atoms with Crippen LogP contribution in [0.25, 0.3) is 0 Å². The molecule has 30 heavy (non-hydrogen) atoms. The maximum Gasteiger partial charge on any atom is 0.265 e. The fraction of sp³-hybridized carbons (Fsp3) is 0.100. The highest BCUT2D eigenvalue weighted by molar-refractivity contribution is 8.00. The van der Waals surface area contributed by atoms with Crippen molar-refractivity contribution in [1.82, 2.24) is 0 Å². The smallest absolute Gasteiger partial charge is 0.265 e. The van der Waals surface area contributed by atoms with Crippen molar-refractivity contribution < 1.29 is 18.0 Å². The normalized spacial score (nSPS) is 12.2. The zero-order valence-electron chi connectivity index (χ0n) is 15.9. The summed E-state index contributed by atoms with van der Waals surface area (Å²) in [5.41, 5.74) is 1.15. The van der Waals surface area contributed by atoms with Gasteiger partial charge in [0.15, 0.2) is 0 Å². The molecule has 0 aliphatic carbocycles. The van der Waals surface area contributed by atoms with Gasteiger partial charge in [-0.1, -0.05) is 6.07 Å². The Bertz CT molecular complexity index is 1130. The first kappa shape index (κ1) is 22.0. The quantitative estimate of drug-likeness (QED) is 0.463. The first-order chi connectivity index (χ1) is 14.2. The van der Waals surface area contributed by atoms with Crippen LogP contribution in [0.4, 0.5) is 11.4 Å². The summed E-state index contributed by atoms with van der Waals surface area (Å²) in [6, 6.07) is 16.5. The van der Waals surface area contributed by atoms with Crippen LogP contribution >= 0.6 is 23.1 Å². The molecule has 3 aromatic rings. The van der Waals surface area contributed by atoms with Crippen LogP contribution in [0.2, 0.25) is 0 Å². The van der Waals surface area contributed by atoms with Crippen molar-refractivity contribution in [2.24, 2.45) is 5.14 Å². The standard InChI is InChI=1S/C20H19N3O4S3/c1-13(19(24)22-15-6-10-17(11-7-15)30(21,26)27)29-16-8-4-14(5-9-16)23-20(25)18-3-2-12-28-18/h2-13H,1H3,(H,22,24)(H,23,25)(H2,21,26,27). The molecular weight excluding hydrogens is 442 g/mol. The fourth-order valence-electron chi connectivity index (χ4n) is 2.45. The Kier molecular flexibility index (Phi) is 6.93. The van der Waals surface area contributed by atoms with Gasteiger partial charge in [0.25, 0.3) is 5.91 Å². The summed E-state index contributed by atoms with van der Waals surface area (Å²) < 4.78 is 22.6. The molecule has 1 heterocycles. The Morgan fingerprint density at radius 3 is 2.13 bits per heavy atom. The molecule has 0 saturated carbocycles. The van der Waals surface area contributed by atoms with Gasteiger partial charge in [-0.15, -0.1) is 23.1 Å². The van der Waals surface area contributed by atoms with Crippen LogP contribution in [-0.4, -0.2) is 25.5 Å². The fourth-order valence-corrected chi connectivity index (χ4v) is 4.45. The van der Waals surface area contributed by atoms with Gasteiger partial charge in [-0.3, -0.25) is 9.59 Å². The van der Waals surface area contributed by atoms with E-state index < -0.39 is 15.3 Å². The molecule has 0 saturated heterocycles. The van der Waals surface area contributed by atoms with Crippen LogP contribution in [0, 0.1) is 0 Å². The Balaban J connectivity index is 1.55. The van der Waals surface area contributed by atoms with Gasteiger partial charge in [-0.2, -0.15) is 0 Å². The Hall–Kier alpha value is -2.66. The summed E-state index contributed by atoms with van der Waals surface area (Å²) in [7, 11) is -3.77. The molecule has 156 valence electrons. The largest absolute Gasteiger partial charge is 0.325 e. The van der Waals surface area contributed by atoms with E-state index in [9.17, 15) is 18.0 Å². The molecule has 4 N–H and O–H groups in total. The summed E-state index contributed by atoms with van der Waals surface area (Å²) in [5, 5.41) is 12.1. The average molecular weight is 462 g/mol. The third-order valence-electron chi connectivity index (χ3n) is 3.99. The maximum absolute atomic E-state index is 12.4. The summed E-state index contributed by atoms with van der Waals surface area (Å²) in [6.07, 6.45) is 0. The van der Waals surface area contributed by atoms with Crippen LogP contribution < -0.4 is 15.8 Å². The summed E-state index contributed by atoms with van der Waals surface area (Å²) in [4.78, 5) is 26.0. The number of carbonyl (C=O) groups excluding carboxylic acids is 2. The van der Waals surface area contributed by atoms with Crippen LogP contribution in [0.5, 0.6) is 0 Å². The molecule has 2 aromatic carbocycles. The highest BCUT2D eigenvalue weighted by atomic mass is 32.2. The van der Waals surface area contributed by atoms with Crippen molar-refractivity contribution in [3.63, 3.8) is 0 Å². The number of rotatable bonds is 7. The lowest BCUT2D eigenvalue weighted by Crippen LogP contribution is -2.22. The number of thioether (sulfide) groups is 1. The van der Waals surface area contributed by atoms with E-state index in [4.69, 9.17) is 5.14 Å². The van der Waals surface area contributed by atoms with Crippen LogP contribution in [0.1, 0.15) is 16.6 Å². The number of hydrogen-bond acceptors (Lipinski definition) is 6. The number of amides is 2. The minimum Gasteiger partial charge on any atom is -0.325 e. The van der Waals surface area contributed by atoms with E-state index in [0.717, 1.165) is 4.90 Å². The number of carbonyl (C=O) groups is 2. The van der Waals surface area contributed by atoms with E-state index in [1.807, 2.05) is 23.6 Å². The van der Waals surface area contributed by atoms with Gasteiger partial charge < -0.3 is 10.6 Å². The maximum atomic E-state index is 12.4. The zero-order chi connectivity index (χ0) is 21.7. The van der Waals surface area contributed by atoms with Gasteiger partial charge in [0.1, 0.15) is 0 Å². The summed E-state index contributed by atoms with van der Waals surface area (Å²) in [6.45, 7) is 1.77. The molecule has 7 nitrogen and oxygen atoms in total. The van der Waals surface area contributed by atoms with Gasteiger partial charge >= 0.3 is 0 Å². The Labute approximate surface area is 182 Å². The third-order valence-corrected chi connectivity index (χ3v) is 6.90. The summed E-state index contributed by atoms with van der Waals surface area (Å²) in [5.74, 6) is -0.384. The van der Waals surface area contributed by atoms with Crippen molar-refractivity contribution >= 4 is 56.3 Å². The van der Waals surface area contributed by atoms with Crippen molar-refractivity contribution in [3.05, 3.63) is 70.9 Å². The highest BCUT2D eigenvalue weighted by Crippen LogP contribution is 2.26. The number of anilines is 2. The van der Waals surface area contributed by atoms with Crippen molar-refractivity contribution in [2.75, 3.05) is 10.6 Å². The number of thiophene rings is 1. The van der Waals surface area contributed by atoms with E-state index in [0.29, 0.717) is 16.3 Å². The highest BCUT2D eigenvalue weighted by Gasteiger charge is 2.15. The van der Waals surface area contributed by atoms with Crippen LogP contribution in [0.15, 0.2) is 75.8 Å². The molecule has 0 aliphatic rings. The molecule has 3 rings (SSSR count). The van der Waals surface area contributed by atoms with E-state index >= 15 is 0 Å². The lowest BCUT2D eigenvalue weighted by atomic mass is 10.3. The van der Waals surface area contributed by atoms with E-state index in [1.165, 1.54) is 47.4 Å². The molecule has 10 heteroatoms. The number of nitrogens with two attached hydrogens (primary N) is 1. The molecule has 0 spiro atoms. The Morgan fingerprint density at radius 1 is 0.967 bits per heavy atom. The first-order valence-electron chi connectivity index (χ1n) is 8.78. The lowest BCUT2D eigenvalue weighted by Gasteiger charge is -2.13. The predicted octanol–water partition coefficient (Wildman–Crippen LogP) is 3.77. The molecule has 1 unspecified atom stereocenters.